The number of aryl methyl sites for hydroxylation is 1. The lowest BCUT2D eigenvalue weighted by Crippen LogP contribution is -2.47. The van der Waals surface area contributed by atoms with Crippen molar-refractivity contribution in [1.29, 1.82) is 0 Å². The van der Waals surface area contributed by atoms with Crippen LogP contribution in [-0.4, -0.2) is 42.4 Å². The van der Waals surface area contributed by atoms with Gasteiger partial charge in [0, 0.05) is 24.4 Å². The molecule has 1 aromatic rings. The zero-order chi connectivity index (χ0) is 13.1. The fraction of sp³-hybridized carbons (Fsp3) is 0.500. The number of aliphatic hydroxyl groups excluding tert-OH is 1. The van der Waals surface area contributed by atoms with E-state index in [-0.39, 0.29) is 18.3 Å². The number of aliphatic hydroxyl groups is 1. The van der Waals surface area contributed by atoms with Gasteiger partial charge in [0.1, 0.15) is 0 Å². The van der Waals surface area contributed by atoms with E-state index in [4.69, 9.17) is 4.74 Å². The van der Waals surface area contributed by atoms with Gasteiger partial charge in [-0.15, -0.1) is 0 Å². The Morgan fingerprint density at radius 2 is 2.33 bits per heavy atom. The average Bonchev–Trinajstić information content (AvgIpc) is 2.38. The van der Waals surface area contributed by atoms with Crippen LogP contribution in [0.1, 0.15) is 5.56 Å². The summed E-state index contributed by atoms with van der Waals surface area (Å²) in [7, 11) is 0. The number of hydrogen-bond donors (Lipinski definition) is 1. The lowest BCUT2D eigenvalue weighted by atomic mass is 10.1. The molecule has 98 valence electrons. The molecule has 0 bridgehead atoms. The normalized spacial score (nSPS) is 19.9. The Morgan fingerprint density at radius 1 is 1.56 bits per heavy atom. The van der Waals surface area contributed by atoms with Gasteiger partial charge in [-0.3, -0.25) is 10.1 Å². The molecular weight excluding hydrogens is 236 g/mol. The molecule has 0 aliphatic carbocycles. The van der Waals surface area contributed by atoms with Crippen LogP contribution in [0.15, 0.2) is 18.2 Å². The maximum absolute atomic E-state index is 10.9. The van der Waals surface area contributed by atoms with E-state index in [1.165, 1.54) is 6.07 Å². The Kier molecular flexibility index (Phi) is 3.78. The second kappa shape index (κ2) is 5.32. The Bertz CT molecular complexity index is 450. The van der Waals surface area contributed by atoms with Crippen molar-refractivity contribution >= 4 is 11.4 Å². The van der Waals surface area contributed by atoms with Crippen molar-refractivity contribution in [3.63, 3.8) is 0 Å². The quantitative estimate of drug-likeness (QED) is 0.644. The molecule has 1 aromatic carbocycles. The number of benzene rings is 1. The highest BCUT2D eigenvalue weighted by Gasteiger charge is 2.24. The minimum absolute atomic E-state index is 0.0261. The summed E-state index contributed by atoms with van der Waals surface area (Å²) in [5.74, 6) is 0. The molecule has 6 nitrogen and oxygen atoms in total. The van der Waals surface area contributed by atoms with E-state index in [0.29, 0.717) is 19.8 Å². The Balaban J connectivity index is 2.33. The molecule has 1 atom stereocenters. The van der Waals surface area contributed by atoms with Crippen LogP contribution in [-0.2, 0) is 4.74 Å². The predicted molar refractivity (Wildman–Crippen MR) is 66.9 cm³/mol. The van der Waals surface area contributed by atoms with Gasteiger partial charge in [-0.1, -0.05) is 0 Å². The van der Waals surface area contributed by atoms with E-state index in [1.54, 1.807) is 6.07 Å². The number of nitro benzene ring substituents is 1. The monoisotopic (exact) mass is 252 g/mol. The van der Waals surface area contributed by atoms with Gasteiger partial charge in [0.15, 0.2) is 0 Å². The summed E-state index contributed by atoms with van der Waals surface area (Å²) in [6.07, 6.45) is 0. The predicted octanol–water partition coefficient (Wildman–Crippen LogP) is 1.10. The number of nitro groups is 1. The molecule has 2 rings (SSSR count). The summed E-state index contributed by atoms with van der Waals surface area (Å²) in [5.41, 5.74) is 1.68. The highest BCUT2D eigenvalue weighted by molar-refractivity contribution is 5.56. The van der Waals surface area contributed by atoms with Crippen molar-refractivity contribution in [3.8, 4) is 0 Å². The van der Waals surface area contributed by atoms with Crippen molar-refractivity contribution in [2.45, 2.75) is 13.0 Å². The van der Waals surface area contributed by atoms with Crippen LogP contribution in [0.5, 0.6) is 0 Å². The van der Waals surface area contributed by atoms with Crippen LogP contribution in [0.25, 0.3) is 0 Å². The van der Waals surface area contributed by atoms with E-state index >= 15 is 0 Å². The lowest BCUT2D eigenvalue weighted by Gasteiger charge is -2.36. The molecule has 1 saturated heterocycles. The van der Waals surface area contributed by atoms with Gasteiger partial charge in [-0.25, -0.2) is 0 Å². The van der Waals surface area contributed by atoms with Crippen molar-refractivity contribution < 1.29 is 14.8 Å². The lowest BCUT2D eigenvalue weighted by molar-refractivity contribution is -0.384. The Hall–Kier alpha value is -1.66. The average molecular weight is 252 g/mol. The third kappa shape index (κ3) is 2.60. The molecular formula is C12H16N2O4. The first-order chi connectivity index (χ1) is 8.61. The standard InChI is InChI=1S/C12H16N2O4/c1-9-4-10(6-11(5-9)14(16)17)13-2-3-18-8-12(13)7-15/h4-6,12,15H,2-3,7-8H2,1H3. The van der Waals surface area contributed by atoms with Gasteiger partial charge < -0.3 is 14.7 Å². The zero-order valence-corrected chi connectivity index (χ0v) is 10.2. The third-order valence-corrected chi connectivity index (χ3v) is 3.03. The number of ether oxygens (including phenoxy) is 1. The highest BCUT2D eigenvalue weighted by Crippen LogP contribution is 2.26. The molecule has 1 N–H and O–H groups in total. The summed E-state index contributed by atoms with van der Waals surface area (Å²) >= 11 is 0. The summed E-state index contributed by atoms with van der Waals surface area (Å²) in [6.45, 7) is 3.44. The van der Waals surface area contributed by atoms with Gasteiger partial charge in [0.25, 0.3) is 5.69 Å². The van der Waals surface area contributed by atoms with Crippen LogP contribution in [0.3, 0.4) is 0 Å². The highest BCUT2D eigenvalue weighted by atomic mass is 16.6. The SMILES string of the molecule is Cc1cc(N2CCOCC2CO)cc([N+](=O)[O-])c1. The molecule has 6 heteroatoms. The van der Waals surface area contributed by atoms with Crippen molar-refractivity contribution in [1.82, 2.24) is 0 Å². The number of non-ortho nitro benzene ring substituents is 1. The molecule has 0 aromatic heterocycles. The summed E-state index contributed by atoms with van der Waals surface area (Å²) in [5, 5.41) is 20.2. The molecule has 0 radical (unpaired) electrons. The molecule has 0 saturated carbocycles. The van der Waals surface area contributed by atoms with E-state index in [2.05, 4.69) is 0 Å². The van der Waals surface area contributed by atoms with Crippen LogP contribution in [0.2, 0.25) is 0 Å². The molecule has 0 amide bonds. The Morgan fingerprint density at radius 3 is 3.00 bits per heavy atom. The number of anilines is 1. The summed E-state index contributed by atoms with van der Waals surface area (Å²) < 4.78 is 5.30. The molecule has 1 aliphatic heterocycles. The van der Waals surface area contributed by atoms with Gasteiger partial charge in [-0.2, -0.15) is 0 Å². The first-order valence-electron chi connectivity index (χ1n) is 5.83. The molecule has 1 heterocycles. The van der Waals surface area contributed by atoms with Crippen LogP contribution < -0.4 is 4.90 Å². The fourth-order valence-electron chi connectivity index (χ4n) is 2.16. The second-order valence-corrected chi connectivity index (χ2v) is 4.39. The van der Waals surface area contributed by atoms with E-state index < -0.39 is 4.92 Å². The number of morpholine rings is 1. The summed E-state index contributed by atoms with van der Waals surface area (Å²) in [6, 6.07) is 4.83. The molecule has 18 heavy (non-hydrogen) atoms. The Labute approximate surface area is 105 Å². The number of rotatable bonds is 3. The van der Waals surface area contributed by atoms with Crippen molar-refractivity contribution in [2.24, 2.45) is 0 Å². The van der Waals surface area contributed by atoms with Crippen LogP contribution >= 0.6 is 0 Å². The maximum Gasteiger partial charge on any atom is 0.271 e. The number of nitrogens with zero attached hydrogens (tertiary/aromatic N) is 2. The molecule has 0 spiro atoms. The molecule has 1 fully saturated rings. The van der Waals surface area contributed by atoms with Gasteiger partial charge in [-0.05, 0) is 18.6 Å². The van der Waals surface area contributed by atoms with Crippen molar-refractivity contribution in [3.05, 3.63) is 33.9 Å². The minimum Gasteiger partial charge on any atom is -0.394 e. The molecule has 1 unspecified atom stereocenters. The fourth-order valence-corrected chi connectivity index (χ4v) is 2.16. The third-order valence-electron chi connectivity index (χ3n) is 3.03. The smallest absolute Gasteiger partial charge is 0.271 e. The van der Waals surface area contributed by atoms with E-state index in [1.807, 2.05) is 17.9 Å². The largest absolute Gasteiger partial charge is 0.394 e. The van der Waals surface area contributed by atoms with Crippen LogP contribution in [0.4, 0.5) is 11.4 Å². The molecule has 1 aliphatic rings. The van der Waals surface area contributed by atoms with E-state index in [9.17, 15) is 15.2 Å². The van der Waals surface area contributed by atoms with Crippen molar-refractivity contribution in [2.75, 3.05) is 31.3 Å². The van der Waals surface area contributed by atoms with Gasteiger partial charge in [0.2, 0.25) is 0 Å². The number of hydrogen-bond acceptors (Lipinski definition) is 5. The zero-order valence-electron chi connectivity index (χ0n) is 10.2. The topological polar surface area (TPSA) is 75.8 Å². The first kappa shape index (κ1) is 12.8. The van der Waals surface area contributed by atoms with Gasteiger partial charge in [0.05, 0.1) is 30.8 Å². The summed E-state index contributed by atoms with van der Waals surface area (Å²) in [4.78, 5) is 12.4. The second-order valence-electron chi connectivity index (χ2n) is 4.39. The first-order valence-corrected chi connectivity index (χ1v) is 5.83. The minimum atomic E-state index is -0.398. The van der Waals surface area contributed by atoms with Crippen LogP contribution in [0, 0.1) is 17.0 Å². The maximum atomic E-state index is 10.9. The van der Waals surface area contributed by atoms with Gasteiger partial charge >= 0.3 is 0 Å². The van der Waals surface area contributed by atoms with E-state index in [0.717, 1.165) is 11.3 Å².